The zero-order valence-corrected chi connectivity index (χ0v) is 18.6. The van der Waals surface area contributed by atoms with E-state index < -0.39 is 10.0 Å². The Kier molecular flexibility index (Phi) is 6.38. The fourth-order valence-electron chi connectivity index (χ4n) is 3.92. The van der Waals surface area contributed by atoms with E-state index in [4.69, 9.17) is 14.2 Å². The van der Waals surface area contributed by atoms with Crippen LogP contribution in [0.25, 0.3) is 6.08 Å². The average Bonchev–Trinajstić information content (AvgIpc) is 3.25. The number of amides is 1. The molecule has 2 N–H and O–H groups in total. The molecule has 1 amide bonds. The summed E-state index contributed by atoms with van der Waals surface area (Å²) in [5.74, 6) is 1.27. The summed E-state index contributed by atoms with van der Waals surface area (Å²) in [6.07, 6.45) is 5.86. The van der Waals surface area contributed by atoms with Crippen LogP contribution in [-0.4, -0.2) is 47.1 Å². The zero-order valence-electron chi connectivity index (χ0n) is 17.8. The summed E-state index contributed by atoms with van der Waals surface area (Å²) >= 11 is 0. The van der Waals surface area contributed by atoms with E-state index in [1.807, 2.05) is 18.2 Å². The second-order valence-corrected chi connectivity index (χ2v) is 9.76. The lowest BCUT2D eigenvalue weighted by molar-refractivity contribution is -0.116. The molecule has 0 atom stereocenters. The molecule has 32 heavy (non-hydrogen) atoms. The second kappa shape index (κ2) is 9.22. The third kappa shape index (κ3) is 5.41. The van der Waals surface area contributed by atoms with Crippen molar-refractivity contribution in [2.45, 2.75) is 18.3 Å². The molecule has 2 aliphatic rings. The molecular formula is C23H26N2O6S. The van der Waals surface area contributed by atoms with Crippen LogP contribution < -0.4 is 19.5 Å². The Morgan fingerprint density at radius 2 is 1.78 bits per heavy atom. The SMILES string of the molecule is CS(=O)(=O)Nc1ccc(/C=C/C(=O)NCC2(c3ccc4c(c3)OCO4)CCOCC2)cc1. The molecule has 0 aliphatic carbocycles. The van der Waals surface area contributed by atoms with Gasteiger partial charge in [0.2, 0.25) is 22.7 Å². The first-order valence-electron chi connectivity index (χ1n) is 10.3. The van der Waals surface area contributed by atoms with Crippen molar-refractivity contribution in [2.75, 3.05) is 37.5 Å². The zero-order chi connectivity index (χ0) is 22.6. The van der Waals surface area contributed by atoms with Gasteiger partial charge in [-0.2, -0.15) is 0 Å². The maximum absolute atomic E-state index is 12.5. The van der Waals surface area contributed by atoms with Gasteiger partial charge in [-0.15, -0.1) is 0 Å². The molecule has 8 nitrogen and oxygen atoms in total. The quantitative estimate of drug-likeness (QED) is 0.619. The molecular weight excluding hydrogens is 432 g/mol. The molecule has 2 aliphatic heterocycles. The Labute approximate surface area is 187 Å². The van der Waals surface area contributed by atoms with Crippen LogP contribution in [-0.2, 0) is 25.0 Å². The molecule has 1 saturated heterocycles. The Morgan fingerprint density at radius 3 is 2.50 bits per heavy atom. The highest BCUT2D eigenvalue weighted by Gasteiger charge is 2.35. The van der Waals surface area contributed by atoms with E-state index in [-0.39, 0.29) is 18.1 Å². The van der Waals surface area contributed by atoms with Gasteiger partial charge in [0.05, 0.1) is 6.26 Å². The minimum absolute atomic E-state index is 0.199. The van der Waals surface area contributed by atoms with Gasteiger partial charge in [-0.1, -0.05) is 18.2 Å². The largest absolute Gasteiger partial charge is 0.454 e. The van der Waals surface area contributed by atoms with Gasteiger partial charge in [0, 0.05) is 36.9 Å². The van der Waals surface area contributed by atoms with Crippen LogP contribution in [0.4, 0.5) is 5.69 Å². The van der Waals surface area contributed by atoms with E-state index in [1.54, 1.807) is 30.3 Å². The van der Waals surface area contributed by atoms with Crippen molar-refractivity contribution in [2.24, 2.45) is 0 Å². The molecule has 170 valence electrons. The topological polar surface area (TPSA) is 103 Å². The third-order valence-corrected chi connectivity index (χ3v) is 6.28. The summed E-state index contributed by atoms with van der Waals surface area (Å²) in [4.78, 5) is 12.5. The van der Waals surface area contributed by atoms with Gasteiger partial charge in [-0.05, 0) is 54.3 Å². The number of sulfonamides is 1. The van der Waals surface area contributed by atoms with Crippen molar-refractivity contribution in [3.63, 3.8) is 0 Å². The summed E-state index contributed by atoms with van der Waals surface area (Å²) in [6.45, 7) is 1.97. The van der Waals surface area contributed by atoms with Crippen LogP contribution in [0.5, 0.6) is 11.5 Å². The number of benzene rings is 2. The number of carbonyl (C=O) groups is 1. The molecule has 2 aromatic carbocycles. The number of anilines is 1. The van der Waals surface area contributed by atoms with Crippen LogP contribution in [0.1, 0.15) is 24.0 Å². The van der Waals surface area contributed by atoms with Gasteiger partial charge in [0.1, 0.15) is 0 Å². The molecule has 0 bridgehead atoms. The van der Waals surface area contributed by atoms with E-state index in [2.05, 4.69) is 10.0 Å². The fraction of sp³-hybridized carbons (Fsp3) is 0.348. The van der Waals surface area contributed by atoms with Crippen LogP contribution >= 0.6 is 0 Å². The van der Waals surface area contributed by atoms with E-state index in [0.29, 0.717) is 25.4 Å². The van der Waals surface area contributed by atoms with Gasteiger partial charge in [-0.25, -0.2) is 8.42 Å². The molecule has 9 heteroatoms. The van der Waals surface area contributed by atoms with Gasteiger partial charge < -0.3 is 19.5 Å². The van der Waals surface area contributed by atoms with Crippen LogP contribution in [0.15, 0.2) is 48.5 Å². The van der Waals surface area contributed by atoms with Crippen molar-refractivity contribution >= 4 is 27.7 Å². The van der Waals surface area contributed by atoms with Gasteiger partial charge >= 0.3 is 0 Å². The number of carbonyl (C=O) groups excluding carboxylic acids is 1. The van der Waals surface area contributed by atoms with Crippen molar-refractivity contribution in [1.29, 1.82) is 0 Å². The highest BCUT2D eigenvalue weighted by Crippen LogP contribution is 2.40. The monoisotopic (exact) mass is 458 g/mol. The average molecular weight is 459 g/mol. The number of rotatable bonds is 7. The molecule has 2 heterocycles. The highest BCUT2D eigenvalue weighted by atomic mass is 32.2. The van der Waals surface area contributed by atoms with E-state index in [0.717, 1.165) is 41.7 Å². The van der Waals surface area contributed by atoms with E-state index >= 15 is 0 Å². The highest BCUT2D eigenvalue weighted by molar-refractivity contribution is 7.92. The van der Waals surface area contributed by atoms with Gasteiger partial charge in [0.25, 0.3) is 0 Å². The second-order valence-electron chi connectivity index (χ2n) is 8.01. The maximum atomic E-state index is 12.5. The minimum atomic E-state index is -3.32. The molecule has 0 saturated carbocycles. The summed E-state index contributed by atoms with van der Waals surface area (Å²) < 4.78 is 41.5. The number of ether oxygens (including phenoxy) is 3. The van der Waals surface area contributed by atoms with Crippen LogP contribution in [0, 0.1) is 0 Å². The summed E-state index contributed by atoms with van der Waals surface area (Å²) in [6, 6.07) is 12.7. The van der Waals surface area contributed by atoms with Gasteiger partial charge in [-0.3, -0.25) is 9.52 Å². The van der Waals surface area contributed by atoms with E-state index in [9.17, 15) is 13.2 Å². The Bertz CT molecular complexity index is 1110. The molecule has 1 fully saturated rings. The predicted octanol–water partition coefficient (Wildman–Crippen LogP) is 2.66. The normalized spacial score (nSPS) is 17.3. The predicted molar refractivity (Wildman–Crippen MR) is 121 cm³/mol. The van der Waals surface area contributed by atoms with Gasteiger partial charge in [0.15, 0.2) is 11.5 Å². The lowest BCUT2D eigenvalue weighted by Gasteiger charge is -2.38. The molecule has 2 aromatic rings. The number of hydrogen-bond acceptors (Lipinski definition) is 6. The van der Waals surface area contributed by atoms with Crippen molar-refractivity contribution in [3.05, 3.63) is 59.7 Å². The summed E-state index contributed by atoms with van der Waals surface area (Å²) in [5.41, 5.74) is 2.13. The first-order valence-corrected chi connectivity index (χ1v) is 12.2. The molecule has 0 spiro atoms. The van der Waals surface area contributed by atoms with Crippen LogP contribution in [0.2, 0.25) is 0 Å². The Hall–Kier alpha value is -3.04. The van der Waals surface area contributed by atoms with Crippen molar-refractivity contribution in [1.82, 2.24) is 5.32 Å². The Morgan fingerprint density at radius 1 is 1.06 bits per heavy atom. The number of hydrogen-bond donors (Lipinski definition) is 2. The maximum Gasteiger partial charge on any atom is 0.244 e. The standard InChI is InChI=1S/C23H26N2O6S/c1-32(27,28)25-19-6-2-17(3-7-19)4-9-22(26)24-15-23(10-12-29-13-11-23)18-5-8-20-21(14-18)31-16-30-20/h2-9,14,25H,10-13,15-16H2,1H3,(H,24,26)/b9-4+. The summed E-state index contributed by atoms with van der Waals surface area (Å²) in [7, 11) is -3.32. The number of nitrogens with one attached hydrogen (secondary N) is 2. The number of fused-ring (bicyclic) bond motifs is 1. The minimum Gasteiger partial charge on any atom is -0.454 e. The lowest BCUT2D eigenvalue weighted by Crippen LogP contribution is -2.44. The molecule has 0 radical (unpaired) electrons. The molecule has 0 aromatic heterocycles. The lowest BCUT2D eigenvalue weighted by atomic mass is 9.74. The molecule has 4 rings (SSSR count). The molecule has 0 unspecified atom stereocenters. The van der Waals surface area contributed by atoms with Crippen LogP contribution in [0.3, 0.4) is 0 Å². The fourth-order valence-corrected chi connectivity index (χ4v) is 4.48. The summed E-state index contributed by atoms with van der Waals surface area (Å²) in [5, 5.41) is 3.03. The van der Waals surface area contributed by atoms with Crippen molar-refractivity contribution in [3.8, 4) is 11.5 Å². The first kappa shape index (κ1) is 22.2. The van der Waals surface area contributed by atoms with E-state index in [1.165, 1.54) is 6.08 Å². The van der Waals surface area contributed by atoms with Crippen molar-refractivity contribution < 1.29 is 27.4 Å². The third-order valence-electron chi connectivity index (χ3n) is 5.68. The Balaban J connectivity index is 1.40. The smallest absolute Gasteiger partial charge is 0.244 e. The first-order chi connectivity index (χ1) is 15.3.